The molecule has 0 aliphatic heterocycles. The molecule has 3 aromatic rings. The fraction of sp³-hybridized carbons (Fsp3) is 0.568. The van der Waals surface area contributed by atoms with Gasteiger partial charge in [0, 0.05) is 38.7 Å². The summed E-state index contributed by atoms with van der Waals surface area (Å²) in [5, 5.41) is 4.36. The molecule has 6 nitrogen and oxygen atoms in total. The van der Waals surface area contributed by atoms with Gasteiger partial charge in [-0.2, -0.15) is 0 Å². The second-order valence-electron chi connectivity index (χ2n) is 12.8. The van der Waals surface area contributed by atoms with Crippen LogP contribution in [0.4, 0.5) is 5.69 Å². The number of carbonyl (C=O) groups is 1. The van der Waals surface area contributed by atoms with E-state index in [1.165, 1.54) is 66.0 Å². The number of amides is 1. The molecular weight excluding hydrogens is 566 g/mol. The van der Waals surface area contributed by atoms with Crippen molar-refractivity contribution >= 4 is 22.9 Å². The van der Waals surface area contributed by atoms with E-state index < -0.39 is 0 Å². The molecule has 3 saturated carbocycles. The highest BCUT2D eigenvalue weighted by molar-refractivity contribution is 7.15. The Kier molecular flexibility index (Phi) is 11.9. The largest absolute Gasteiger partial charge is 0.496 e. The average molecular weight is 620 g/mol. The Balaban J connectivity index is 0.000000243. The number of anilines is 1. The summed E-state index contributed by atoms with van der Waals surface area (Å²) in [6, 6.07) is 14.9. The van der Waals surface area contributed by atoms with Gasteiger partial charge in [0.1, 0.15) is 5.75 Å². The predicted molar refractivity (Wildman–Crippen MR) is 184 cm³/mol. The topological polar surface area (TPSA) is 63.7 Å². The molecule has 3 aliphatic carbocycles. The number of aryl methyl sites for hydroxylation is 1. The van der Waals surface area contributed by atoms with Crippen molar-refractivity contribution in [2.45, 2.75) is 95.5 Å². The van der Waals surface area contributed by atoms with Crippen molar-refractivity contribution in [2.24, 2.45) is 5.92 Å². The zero-order valence-electron chi connectivity index (χ0n) is 27.1. The van der Waals surface area contributed by atoms with Crippen molar-refractivity contribution in [3.8, 4) is 16.2 Å². The van der Waals surface area contributed by atoms with E-state index in [-0.39, 0.29) is 13.3 Å². The van der Waals surface area contributed by atoms with Gasteiger partial charge in [-0.05, 0) is 106 Å². The molecule has 0 spiro atoms. The molecular formula is C37H53N3O3S. The van der Waals surface area contributed by atoms with Crippen LogP contribution in [0.1, 0.15) is 100 Å². The van der Waals surface area contributed by atoms with Gasteiger partial charge in [0.15, 0.2) is 0 Å². The Morgan fingerprint density at radius 2 is 1.77 bits per heavy atom. The lowest BCUT2D eigenvalue weighted by atomic mass is 9.83. The Bertz CT molecular complexity index is 1350. The Labute approximate surface area is 270 Å². The van der Waals surface area contributed by atoms with Crippen LogP contribution < -0.4 is 15.0 Å². The maximum absolute atomic E-state index is 13.1. The highest BCUT2D eigenvalue weighted by Gasteiger charge is 2.30. The van der Waals surface area contributed by atoms with Crippen molar-refractivity contribution in [1.82, 2.24) is 10.3 Å². The smallest absolute Gasteiger partial charge is 0.229 e. The summed E-state index contributed by atoms with van der Waals surface area (Å²) in [6.07, 6.45) is 15.5. The molecule has 0 bridgehead atoms. The molecule has 0 radical (unpaired) electrons. The van der Waals surface area contributed by atoms with E-state index in [2.05, 4.69) is 47.6 Å². The predicted octanol–water partition coefficient (Wildman–Crippen LogP) is 8.74. The summed E-state index contributed by atoms with van der Waals surface area (Å²) < 4.78 is 11.2. The number of rotatable bonds is 10. The van der Waals surface area contributed by atoms with Crippen molar-refractivity contribution in [2.75, 3.05) is 39.3 Å². The lowest BCUT2D eigenvalue weighted by molar-refractivity contribution is -0.124. The van der Waals surface area contributed by atoms with Gasteiger partial charge in [-0.25, -0.2) is 4.98 Å². The SMILES string of the molecule is CNCCOC1CCC(C(=O)N(C)c2cccc(-c3cnc(C4CC4)s3)c2)CC1.COc1ccc(C2CCCCC2)cc1C.[HH]. The van der Waals surface area contributed by atoms with E-state index in [9.17, 15) is 4.79 Å². The van der Waals surface area contributed by atoms with Crippen LogP contribution in [0, 0.1) is 12.8 Å². The summed E-state index contributed by atoms with van der Waals surface area (Å²) >= 11 is 1.79. The van der Waals surface area contributed by atoms with Crippen LogP contribution in [-0.2, 0) is 9.53 Å². The zero-order valence-corrected chi connectivity index (χ0v) is 28.0. The van der Waals surface area contributed by atoms with Gasteiger partial charge in [0.2, 0.25) is 5.91 Å². The molecule has 7 heteroatoms. The Morgan fingerprint density at radius 1 is 1.00 bits per heavy atom. The third-order valence-electron chi connectivity index (χ3n) is 9.52. The highest BCUT2D eigenvalue weighted by Crippen LogP contribution is 2.44. The van der Waals surface area contributed by atoms with Crippen LogP contribution in [0.25, 0.3) is 10.4 Å². The van der Waals surface area contributed by atoms with Crippen LogP contribution >= 0.6 is 11.3 Å². The van der Waals surface area contributed by atoms with E-state index in [0.29, 0.717) is 12.0 Å². The monoisotopic (exact) mass is 619 g/mol. The third-order valence-corrected chi connectivity index (χ3v) is 10.7. The van der Waals surface area contributed by atoms with E-state index >= 15 is 0 Å². The maximum atomic E-state index is 13.1. The number of benzene rings is 2. The van der Waals surface area contributed by atoms with Gasteiger partial charge in [0.05, 0.1) is 29.7 Å². The van der Waals surface area contributed by atoms with Crippen LogP contribution in [0.2, 0.25) is 0 Å². The number of likely N-dealkylation sites (N-methyl/N-ethyl adjacent to an activating group) is 1. The Hall–Kier alpha value is -2.74. The van der Waals surface area contributed by atoms with E-state index in [1.807, 2.05) is 37.3 Å². The minimum atomic E-state index is 0. The zero-order chi connectivity index (χ0) is 30.9. The standard InChI is InChI=1S/C23H31N3O2S.C14H20O.H2/c1-24-12-13-28-20-10-8-17(9-11-20)23(27)26(2)19-5-3-4-18(14-19)21-15-25-22(29-21)16-6-7-16;1-11-10-13(8-9-14(11)15-2)12-6-4-3-5-7-12;/h3-5,14-17,20,24H,6-13H2,1-2H3;8-10,12H,3-7H2,1-2H3;1H. The van der Waals surface area contributed by atoms with Crippen LogP contribution in [-0.4, -0.2) is 51.4 Å². The first-order valence-corrected chi connectivity index (χ1v) is 17.5. The number of carbonyl (C=O) groups excluding carboxylic acids is 1. The van der Waals surface area contributed by atoms with Gasteiger partial charge in [0.25, 0.3) is 0 Å². The molecule has 0 unspecified atom stereocenters. The van der Waals surface area contributed by atoms with Gasteiger partial charge in [-0.15, -0.1) is 11.3 Å². The molecule has 6 rings (SSSR count). The van der Waals surface area contributed by atoms with E-state index in [0.717, 1.165) is 61.8 Å². The van der Waals surface area contributed by atoms with E-state index in [1.54, 1.807) is 18.4 Å². The molecule has 1 heterocycles. The lowest BCUT2D eigenvalue weighted by Crippen LogP contribution is -2.36. The minimum Gasteiger partial charge on any atom is -0.496 e. The molecule has 2 aromatic carbocycles. The second kappa shape index (κ2) is 16.0. The number of hydrogen-bond acceptors (Lipinski definition) is 6. The molecule has 0 atom stereocenters. The average Bonchev–Trinajstić information content (AvgIpc) is 3.81. The quantitative estimate of drug-likeness (QED) is 0.230. The number of aromatic nitrogens is 1. The third kappa shape index (κ3) is 8.70. The van der Waals surface area contributed by atoms with Crippen LogP contribution in [0.3, 0.4) is 0 Å². The minimum absolute atomic E-state index is 0. The number of methoxy groups -OCH3 is 1. The van der Waals surface area contributed by atoms with Crippen molar-refractivity contribution in [3.05, 3.63) is 64.8 Å². The lowest BCUT2D eigenvalue weighted by Gasteiger charge is -2.30. The number of nitrogens with zero attached hydrogens (tertiary/aromatic N) is 2. The first-order chi connectivity index (χ1) is 21.5. The molecule has 1 amide bonds. The second-order valence-corrected chi connectivity index (χ2v) is 13.9. The molecule has 1 N–H and O–H groups in total. The first-order valence-electron chi connectivity index (χ1n) is 16.7. The Morgan fingerprint density at radius 3 is 2.45 bits per heavy atom. The van der Waals surface area contributed by atoms with Gasteiger partial charge < -0.3 is 19.7 Å². The maximum Gasteiger partial charge on any atom is 0.229 e. The van der Waals surface area contributed by atoms with Gasteiger partial charge in [-0.3, -0.25) is 4.79 Å². The summed E-state index contributed by atoms with van der Waals surface area (Å²) in [5.74, 6) is 2.80. The number of ether oxygens (including phenoxy) is 2. The number of thiazole rings is 1. The van der Waals surface area contributed by atoms with Crippen LogP contribution in [0.15, 0.2) is 48.7 Å². The fourth-order valence-electron chi connectivity index (χ4n) is 6.60. The molecule has 1 aromatic heterocycles. The van der Waals surface area contributed by atoms with Crippen molar-refractivity contribution < 1.29 is 15.7 Å². The summed E-state index contributed by atoms with van der Waals surface area (Å²) in [4.78, 5) is 20.7. The highest BCUT2D eigenvalue weighted by atomic mass is 32.1. The van der Waals surface area contributed by atoms with Crippen molar-refractivity contribution in [1.29, 1.82) is 0 Å². The molecule has 3 aliphatic rings. The first kappa shape index (κ1) is 32.6. The summed E-state index contributed by atoms with van der Waals surface area (Å²) in [5.41, 5.74) is 4.88. The number of nitrogens with one attached hydrogen (secondary N) is 1. The van der Waals surface area contributed by atoms with Gasteiger partial charge >= 0.3 is 0 Å². The van der Waals surface area contributed by atoms with Crippen LogP contribution in [0.5, 0.6) is 5.75 Å². The normalized spacial score (nSPS) is 20.5. The van der Waals surface area contributed by atoms with E-state index in [4.69, 9.17) is 9.47 Å². The molecule has 0 saturated heterocycles. The molecule has 44 heavy (non-hydrogen) atoms. The summed E-state index contributed by atoms with van der Waals surface area (Å²) in [6.45, 7) is 3.75. The molecule has 3 fully saturated rings. The summed E-state index contributed by atoms with van der Waals surface area (Å²) in [7, 11) is 5.58. The number of hydrogen-bond donors (Lipinski definition) is 1. The van der Waals surface area contributed by atoms with Crippen molar-refractivity contribution in [3.63, 3.8) is 0 Å². The van der Waals surface area contributed by atoms with Gasteiger partial charge in [-0.1, -0.05) is 43.5 Å². The molecule has 240 valence electrons. The fourth-order valence-corrected chi connectivity index (χ4v) is 7.69.